The summed E-state index contributed by atoms with van der Waals surface area (Å²) in [7, 11) is 0. The number of phenols is 1. The Bertz CT molecular complexity index is 443. The Morgan fingerprint density at radius 1 is 1.14 bits per heavy atom. The molecule has 3 nitrogen and oxygen atoms in total. The van der Waals surface area contributed by atoms with Gasteiger partial charge in [0.2, 0.25) is 0 Å². The van der Waals surface area contributed by atoms with Crippen molar-refractivity contribution < 1.29 is 5.11 Å². The van der Waals surface area contributed by atoms with E-state index >= 15 is 0 Å². The molecule has 1 heterocycles. The molecule has 1 N–H and O–H groups in total. The number of nitrogens with zero attached hydrogens (tertiary/aromatic N) is 2. The molecule has 14 heavy (non-hydrogen) atoms. The number of phenolic OH excluding ortho intramolecular Hbond substituents is 1. The Kier molecular flexibility index (Phi) is 2.00. The van der Waals surface area contributed by atoms with Gasteiger partial charge in [-0.2, -0.15) is 0 Å². The molecule has 0 atom stereocenters. The van der Waals surface area contributed by atoms with E-state index in [1.54, 1.807) is 18.5 Å². The molecule has 1 aromatic carbocycles. The fourth-order valence-electron chi connectivity index (χ4n) is 1.37. The molecule has 2 rings (SSSR count). The summed E-state index contributed by atoms with van der Waals surface area (Å²) in [4.78, 5) is 4.22. The van der Waals surface area contributed by atoms with Crippen molar-refractivity contribution in [3.8, 4) is 11.4 Å². The highest BCUT2D eigenvalue weighted by Gasteiger charge is 2.03. The Labute approximate surface area is 82.7 Å². The van der Waals surface area contributed by atoms with Crippen LogP contribution in [-0.2, 0) is 0 Å². The monoisotopic (exact) mass is 188 g/mol. The predicted octanol–water partition coefficient (Wildman–Crippen LogP) is 2.19. The lowest BCUT2D eigenvalue weighted by atomic mass is 10.3. The summed E-state index contributed by atoms with van der Waals surface area (Å²) in [5.74, 6) is 0.281. The van der Waals surface area contributed by atoms with Gasteiger partial charge in [0, 0.05) is 11.4 Å². The number of hydrogen-bond acceptors (Lipinski definition) is 2. The van der Waals surface area contributed by atoms with Crippen LogP contribution in [0.4, 0.5) is 0 Å². The molecule has 1 aromatic heterocycles. The molecule has 0 fully saturated rings. The highest BCUT2D eigenvalue weighted by Crippen LogP contribution is 2.16. The molecule has 0 aliphatic rings. The highest BCUT2D eigenvalue weighted by atomic mass is 16.3. The minimum atomic E-state index is 0.281. The second-order valence-corrected chi connectivity index (χ2v) is 3.30. The maximum absolute atomic E-state index is 9.15. The zero-order chi connectivity index (χ0) is 10.1. The van der Waals surface area contributed by atoms with Crippen molar-refractivity contribution in [2.45, 2.75) is 13.8 Å². The first kappa shape index (κ1) is 8.81. The lowest BCUT2D eigenvalue weighted by Gasteiger charge is -2.04. The number of aromatic nitrogens is 2. The van der Waals surface area contributed by atoms with Crippen LogP contribution < -0.4 is 0 Å². The summed E-state index contributed by atoms with van der Waals surface area (Å²) in [5.41, 5.74) is 3.16. The summed E-state index contributed by atoms with van der Waals surface area (Å²) < 4.78 is 1.99. The van der Waals surface area contributed by atoms with Gasteiger partial charge in [-0.15, -0.1) is 0 Å². The van der Waals surface area contributed by atoms with Gasteiger partial charge in [-0.25, -0.2) is 4.98 Å². The molecule has 0 radical (unpaired) electrons. The van der Waals surface area contributed by atoms with E-state index in [4.69, 9.17) is 5.11 Å². The number of imidazole rings is 1. The zero-order valence-electron chi connectivity index (χ0n) is 8.23. The van der Waals surface area contributed by atoms with Crippen LogP contribution in [0.15, 0.2) is 30.6 Å². The second kappa shape index (κ2) is 3.18. The van der Waals surface area contributed by atoms with E-state index in [1.807, 2.05) is 30.5 Å². The summed E-state index contributed by atoms with van der Waals surface area (Å²) >= 11 is 0. The van der Waals surface area contributed by atoms with Gasteiger partial charge >= 0.3 is 0 Å². The maximum Gasteiger partial charge on any atom is 0.115 e. The van der Waals surface area contributed by atoms with Crippen molar-refractivity contribution in [1.82, 2.24) is 9.55 Å². The van der Waals surface area contributed by atoms with E-state index in [9.17, 15) is 0 Å². The smallest absolute Gasteiger partial charge is 0.115 e. The number of aryl methyl sites for hydroxylation is 1. The van der Waals surface area contributed by atoms with E-state index < -0.39 is 0 Å². The van der Waals surface area contributed by atoms with Crippen LogP contribution in [0.25, 0.3) is 5.69 Å². The maximum atomic E-state index is 9.15. The lowest BCUT2D eigenvalue weighted by molar-refractivity contribution is 0.475. The normalized spacial score (nSPS) is 10.4. The molecule has 0 aliphatic heterocycles. The van der Waals surface area contributed by atoms with Crippen molar-refractivity contribution in [1.29, 1.82) is 0 Å². The molecule has 0 saturated heterocycles. The van der Waals surface area contributed by atoms with Crippen LogP contribution in [0, 0.1) is 13.8 Å². The van der Waals surface area contributed by atoms with Crippen LogP contribution in [0.5, 0.6) is 5.75 Å². The van der Waals surface area contributed by atoms with Gasteiger partial charge in [0.15, 0.2) is 0 Å². The molecular weight excluding hydrogens is 176 g/mol. The van der Waals surface area contributed by atoms with Crippen LogP contribution >= 0.6 is 0 Å². The topological polar surface area (TPSA) is 38.0 Å². The van der Waals surface area contributed by atoms with E-state index in [0.29, 0.717) is 0 Å². The first-order valence-electron chi connectivity index (χ1n) is 4.48. The largest absolute Gasteiger partial charge is 0.508 e. The van der Waals surface area contributed by atoms with Gasteiger partial charge in [0.1, 0.15) is 5.75 Å². The van der Waals surface area contributed by atoms with Crippen LogP contribution in [0.1, 0.15) is 11.4 Å². The highest BCUT2D eigenvalue weighted by molar-refractivity contribution is 5.38. The van der Waals surface area contributed by atoms with Crippen LogP contribution in [0.2, 0.25) is 0 Å². The van der Waals surface area contributed by atoms with E-state index in [2.05, 4.69) is 4.98 Å². The molecule has 0 unspecified atom stereocenters. The van der Waals surface area contributed by atoms with E-state index in [1.165, 1.54) is 0 Å². The third kappa shape index (κ3) is 1.37. The molecule has 0 aliphatic carbocycles. The number of benzene rings is 1. The van der Waals surface area contributed by atoms with Crippen LogP contribution in [-0.4, -0.2) is 14.7 Å². The average Bonchev–Trinajstić information content (AvgIpc) is 2.50. The quantitative estimate of drug-likeness (QED) is 0.745. The van der Waals surface area contributed by atoms with Crippen LogP contribution in [0.3, 0.4) is 0 Å². The molecule has 72 valence electrons. The molecule has 0 bridgehead atoms. The van der Waals surface area contributed by atoms with Crippen molar-refractivity contribution in [3.63, 3.8) is 0 Å². The zero-order valence-corrected chi connectivity index (χ0v) is 8.23. The number of hydrogen-bond donors (Lipinski definition) is 1. The fourth-order valence-corrected chi connectivity index (χ4v) is 1.37. The van der Waals surface area contributed by atoms with Gasteiger partial charge in [-0.3, -0.25) is 0 Å². The van der Waals surface area contributed by atoms with E-state index in [-0.39, 0.29) is 5.75 Å². The minimum Gasteiger partial charge on any atom is -0.508 e. The average molecular weight is 188 g/mol. The molecule has 2 aromatic rings. The summed E-state index contributed by atoms with van der Waals surface area (Å²) in [6.07, 6.45) is 1.79. The van der Waals surface area contributed by atoms with Gasteiger partial charge < -0.3 is 9.67 Å². The molecule has 0 spiro atoms. The minimum absolute atomic E-state index is 0.281. The number of aromatic hydroxyl groups is 1. The molecule has 0 saturated carbocycles. The van der Waals surface area contributed by atoms with Crippen molar-refractivity contribution >= 4 is 0 Å². The molecule has 0 amide bonds. The standard InChI is InChI=1S/C11H12N2O/c1-8-9(2)13(7-12-8)10-3-5-11(14)6-4-10/h3-7,14H,1-2H3. The summed E-state index contributed by atoms with van der Waals surface area (Å²) in [6, 6.07) is 7.07. The third-order valence-corrected chi connectivity index (χ3v) is 2.38. The van der Waals surface area contributed by atoms with Crippen molar-refractivity contribution in [2.24, 2.45) is 0 Å². The first-order chi connectivity index (χ1) is 6.68. The third-order valence-electron chi connectivity index (χ3n) is 2.38. The summed E-state index contributed by atoms with van der Waals surface area (Å²) in [6.45, 7) is 4.00. The van der Waals surface area contributed by atoms with Gasteiger partial charge in [0.05, 0.1) is 12.0 Å². The first-order valence-corrected chi connectivity index (χ1v) is 4.48. The Morgan fingerprint density at radius 2 is 1.79 bits per heavy atom. The van der Waals surface area contributed by atoms with Crippen molar-refractivity contribution in [3.05, 3.63) is 42.0 Å². The SMILES string of the molecule is Cc1ncn(-c2ccc(O)cc2)c1C. The molecule has 3 heteroatoms. The van der Waals surface area contributed by atoms with Gasteiger partial charge in [0.25, 0.3) is 0 Å². The lowest BCUT2D eigenvalue weighted by Crippen LogP contribution is -1.94. The Morgan fingerprint density at radius 3 is 2.29 bits per heavy atom. The number of rotatable bonds is 1. The second-order valence-electron chi connectivity index (χ2n) is 3.30. The predicted molar refractivity (Wildman–Crippen MR) is 54.7 cm³/mol. The fraction of sp³-hybridized carbons (Fsp3) is 0.182. The Balaban J connectivity index is 2.49. The summed E-state index contributed by atoms with van der Waals surface area (Å²) in [5, 5.41) is 9.15. The Hall–Kier alpha value is -1.77. The van der Waals surface area contributed by atoms with Gasteiger partial charge in [-0.1, -0.05) is 0 Å². The molecular formula is C11H12N2O. The van der Waals surface area contributed by atoms with E-state index in [0.717, 1.165) is 17.1 Å². The van der Waals surface area contributed by atoms with Gasteiger partial charge in [-0.05, 0) is 38.1 Å². The van der Waals surface area contributed by atoms with Crippen molar-refractivity contribution in [2.75, 3.05) is 0 Å².